The van der Waals surface area contributed by atoms with Crippen LogP contribution in [0.4, 0.5) is 0 Å². The SMILES string of the molecule is C[C@H](NS(=O)(=O)NCc1ccccc1)c1cn2ncsc2n1. The predicted molar refractivity (Wildman–Crippen MR) is 84.6 cm³/mol. The molecule has 0 aliphatic rings. The lowest BCUT2D eigenvalue weighted by atomic mass is 10.2. The molecule has 1 aromatic carbocycles. The van der Waals surface area contributed by atoms with E-state index >= 15 is 0 Å². The summed E-state index contributed by atoms with van der Waals surface area (Å²) >= 11 is 1.40. The zero-order chi connectivity index (χ0) is 15.6. The van der Waals surface area contributed by atoms with Gasteiger partial charge in [0.05, 0.1) is 17.9 Å². The Labute approximate surface area is 132 Å². The number of fused-ring (bicyclic) bond motifs is 1. The van der Waals surface area contributed by atoms with Gasteiger partial charge in [0.2, 0.25) is 4.96 Å². The van der Waals surface area contributed by atoms with Crippen molar-refractivity contribution in [1.82, 2.24) is 24.0 Å². The van der Waals surface area contributed by atoms with Gasteiger partial charge in [-0.1, -0.05) is 41.7 Å². The fourth-order valence-electron chi connectivity index (χ4n) is 1.97. The van der Waals surface area contributed by atoms with Gasteiger partial charge < -0.3 is 0 Å². The minimum atomic E-state index is -3.61. The van der Waals surface area contributed by atoms with E-state index < -0.39 is 16.3 Å². The van der Waals surface area contributed by atoms with E-state index in [2.05, 4.69) is 19.5 Å². The summed E-state index contributed by atoms with van der Waals surface area (Å²) in [7, 11) is -3.61. The zero-order valence-electron chi connectivity index (χ0n) is 11.8. The van der Waals surface area contributed by atoms with Gasteiger partial charge in [0.25, 0.3) is 10.2 Å². The van der Waals surface area contributed by atoms with Crippen molar-refractivity contribution in [2.75, 3.05) is 0 Å². The molecular formula is C13H15N5O2S2. The minimum Gasteiger partial charge on any atom is -0.221 e. The molecule has 0 fully saturated rings. The first-order valence-electron chi connectivity index (χ1n) is 6.63. The maximum absolute atomic E-state index is 12.1. The van der Waals surface area contributed by atoms with Crippen LogP contribution >= 0.6 is 11.3 Å². The number of rotatable bonds is 6. The lowest BCUT2D eigenvalue weighted by molar-refractivity contribution is 0.549. The summed E-state index contributed by atoms with van der Waals surface area (Å²) in [4.78, 5) is 5.07. The fraction of sp³-hybridized carbons (Fsp3) is 0.231. The van der Waals surface area contributed by atoms with Crippen LogP contribution < -0.4 is 9.44 Å². The number of aromatic nitrogens is 3. The summed E-state index contributed by atoms with van der Waals surface area (Å²) in [5.74, 6) is 0. The van der Waals surface area contributed by atoms with E-state index in [0.717, 1.165) is 10.5 Å². The van der Waals surface area contributed by atoms with E-state index in [4.69, 9.17) is 0 Å². The first kappa shape index (κ1) is 15.1. The highest BCUT2D eigenvalue weighted by Gasteiger charge is 2.18. The van der Waals surface area contributed by atoms with Gasteiger partial charge in [-0.3, -0.25) is 0 Å². The van der Waals surface area contributed by atoms with Crippen LogP contribution in [0.2, 0.25) is 0 Å². The van der Waals surface area contributed by atoms with Gasteiger partial charge in [-0.05, 0) is 12.5 Å². The smallest absolute Gasteiger partial charge is 0.221 e. The van der Waals surface area contributed by atoms with Crippen molar-refractivity contribution < 1.29 is 8.42 Å². The van der Waals surface area contributed by atoms with Crippen molar-refractivity contribution in [2.24, 2.45) is 0 Å². The predicted octanol–water partition coefficient (Wildman–Crippen LogP) is 1.48. The first-order chi connectivity index (χ1) is 10.5. The van der Waals surface area contributed by atoms with E-state index in [0.29, 0.717) is 5.69 Å². The second kappa shape index (κ2) is 6.13. The number of nitrogens with one attached hydrogen (secondary N) is 2. The molecule has 2 N–H and O–H groups in total. The van der Waals surface area contributed by atoms with Crippen LogP contribution in [0.15, 0.2) is 42.0 Å². The number of nitrogens with zero attached hydrogens (tertiary/aromatic N) is 3. The van der Waals surface area contributed by atoms with Crippen molar-refractivity contribution in [2.45, 2.75) is 19.5 Å². The molecule has 0 bridgehead atoms. The molecule has 3 aromatic rings. The van der Waals surface area contributed by atoms with Crippen LogP contribution in [0, 0.1) is 0 Å². The highest BCUT2D eigenvalue weighted by atomic mass is 32.2. The Hall–Kier alpha value is -1.81. The number of hydrogen-bond donors (Lipinski definition) is 2. The van der Waals surface area contributed by atoms with Crippen LogP contribution in [-0.2, 0) is 16.8 Å². The molecule has 0 aliphatic heterocycles. The monoisotopic (exact) mass is 337 g/mol. The average molecular weight is 337 g/mol. The molecule has 116 valence electrons. The summed E-state index contributed by atoms with van der Waals surface area (Å²) in [5.41, 5.74) is 3.21. The molecule has 9 heteroatoms. The van der Waals surface area contributed by atoms with Gasteiger partial charge in [0, 0.05) is 6.54 Å². The summed E-state index contributed by atoms with van der Waals surface area (Å²) in [5, 5.41) is 4.07. The van der Waals surface area contributed by atoms with Crippen LogP contribution in [0.1, 0.15) is 24.2 Å². The minimum absolute atomic E-state index is 0.239. The molecule has 2 heterocycles. The highest BCUT2D eigenvalue weighted by Crippen LogP contribution is 2.15. The largest absolute Gasteiger partial charge is 0.277 e. The van der Waals surface area contributed by atoms with Crippen molar-refractivity contribution in [1.29, 1.82) is 0 Å². The Morgan fingerprint density at radius 2 is 2.09 bits per heavy atom. The average Bonchev–Trinajstić information content (AvgIpc) is 3.07. The molecule has 0 saturated heterocycles. The molecule has 3 rings (SSSR count). The van der Waals surface area contributed by atoms with Crippen molar-refractivity contribution in [3.63, 3.8) is 0 Å². The molecule has 0 aliphatic carbocycles. The van der Waals surface area contributed by atoms with Crippen LogP contribution in [0.5, 0.6) is 0 Å². The van der Waals surface area contributed by atoms with Gasteiger partial charge in [-0.15, -0.1) is 0 Å². The summed E-state index contributed by atoms with van der Waals surface area (Å²) in [6.45, 7) is 1.98. The summed E-state index contributed by atoms with van der Waals surface area (Å²) in [6.07, 6.45) is 1.72. The maximum Gasteiger partial charge on any atom is 0.277 e. The van der Waals surface area contributed by atoms with E-state index in [1.54, 1.807) is 23.1 Å². The molecule has 0 unspecified atom stereocenters. The lowest BCUT2D eigenvalue weighted by Crippen LogP contribution is -2.37. The Morgan fingerprint density at radius 3 is 2.82 bits per heavy atom. The van der Waals surface area contributed by atoms with Gasteiger partial charge in [0.15, 0.2) is 0 Å². The Bertz CT molecular complexity index is 828. The topological polar surface area (TPSA) is 88.4 Å². The van der Waals surface area contributed by atoms with Gasteiger partial charge >= 0.3 is 0 Å². The van der Waals surface area contributed by atoms with Crippen molar-refractivity contribution in [3.8, 4) is 0 Å². The van der Waals surface area contributed by atoms with Gasteiger partial charge in [-0.2, -0.15) is 23.0 Å². The maximum atomic E-state index is 12.1. The second-order valence-electron chi connectivity index (χ2n) is 4.78. The normalized spacial score (nSPS) is 13.5. The third-order valence-electron chi connectivity index (χ3n) is 3.09. The molecular weight excluding hydrogens is 322 g/mol. The molecule has 0 radical (unpaired) electrons. The Morgan fingerprint density at radius 1 is 1.32 bits per heavy atom. The standard InChI is InChI=1S/C13H15N5O2S2/c1-10(12-8-18-13(16-12)21-9-14-18)17-22(19,20)15-7-11-5-3-2-4-6-11/h2-6,8-10,15,17H,7H2,1H3/t10-/m0/s1. The number of hydrogen-bond acceptors (Lipinski definition) is 5. The Kier molecular flexibility index (Phi) is 4.21. The molecule has 0 saturated carbocycles. The van der Waals surface area contributed by atoms with E-state index in [1.165, 1.54) is 11.3 Å². The van der Waals surface area contributed by atoms with Gasteiger partial charge in [-0.25, -0.2) is 9.50 Å². The number of benzene rings is 1. The lowest BCUT2D eigenvalue weighted by Gasteiger charge is -2.12. The molecule has 0 amide bonds. The quantitative estimate of drug-likeness (QED) is 0.713. The molecule has 22 heavy (non-hydrogen) atoms. The molecule has 2 aromatic heterocycles. The molecule has 1 atom stereocenters. The summed E-state index contributed by atoms with van der Waals surface area (Å²) < 4.78 is 30.8. The van der Waals surface area contributed by atoms with Gasteiger partial charge in [0.1, 0.15) is 5.51 Å². The van der Waals surface area contributed by atoms with Crippen LogP contribution in [0.25, 0.3) is 4.96 Å². The highest BCUT2D eigenvalue weighted by molar-refractivity contribution is 7.87. The van der Waals surface area contributed by atoms with E-state index in [1.807, 2.05) is 30.3 Å². The van der Waals surface area contributed by atoms with Crippen LogP contribution in [-0.4, -0.2) is 23.0 Å². The zero-order valence-corrected chi connectivity index (χ0v) is 13.4. The van der Waals surface area contributed by atoms with E-state index in [9.17, 15) is 8.42 Å². The molecule has 0 spiro atoms. The number of imidazole rings is 1. The van der Waals surface area contributed by atoms with E-state index in [-0.39, 0.29) is 6.54 Å². The van der Waals surface area contributed by atoms with Crippen molar-refractivity contribution in [3.05, 3.63) is 53.3 Å². The third kappa shape index (κ3) is 3.50. The fourth-order valence-corrected chi connectivity index (χ4v) is 3.61. The van der Waals surface area contributed by atoms with Crippen LogP contribution in [0.3, 0.4) is 0 Å². The second-order valence-corrected chi connectivity index (χ2v) is 7.12. The van der Waals surface area contributed by atoms with Crippen molar-refractivity contribution >= 4 is 26.5 Å². The first-order valence-corrected chi connectivity index (χ1v) is 8.99. The third-order valence-corrected chi connectivity index (χ3v) is 4.97. The molecule has 7 nitrogen and oxygen atoms in total. The Balaban J connectivity index is 1.64. The summed E-state index contributed by atoms with van der Waals surface area (Å²) in [6, 6.07) is 8.90.